The van der Waals surface area contributed by atoms with Crippen molar-refractivity contribution in [2.75, 3.05) is 6.54 Å². The van der Waals surface area contributed by atoms with Crippen LogP contribution in [-0.4, -0.2) is 17.6 Å². The minimum Gasteiger partial charge on any atom is -0.314 e. The zero-order valence-corrected chi connectivity index (χ0v) is 13.2. The lowest BCUT2D eigenvalue weighted by Gasteiger charge is -2.36. The molecule has 20 heavy (non-hydrogen) atoms. The van der Waals surface area contributed by atoms with Crippen molar-refractivity contribution in [2.24, 2.45) is 0 Å². The van der Waals surface area contributed by atoms with Crippen molar-refractivity contribution < 1.29 is 0 Å². The van der Waals surface area contributed by atoms with Crippen molar-refractivity contribution in [3.05, 3.63) is 50.9 Å². The van der Waals surface area contributed by atoms with Crippen LogP contribution in [0.15, 0.2) is 29.6 Å². The van der Waals surface area contributed by atoms with Crippen LogP contribution in [0.4, 0.5) is 0 Å². The van der Waals surface area contributed by atoms with E-state index in [0.29, 0.717) is 12.0 Å². The summed E-state index contributed by atoms with van der Waals surface area (Å²) in [6, 6.07) is 8.85. The molecule has 4 heteroatoms. The molecular formula is C16H19ClN2S. The summed E-state index contributed by atoms with van der Waals surface area (Å²) >= 11 is 8.00. The molecule has 0 atom stereocenters. The van der Waals surface area contributed by atoms with Gasteiger partial charge in [-0.25, -0.2) is 4.98 Å². The monoisotopic (exact) mass is 306 g/mol. The number of rotatable bonds is 5. The van der Waals surface area contributed by atoms with E-state index in [4.69, 9.17) is 11.6 Å². The van der Waals surface area contributed by atoms with Gasteiger partial charge in [0.15, 0.2) is 0 Å². The minimum absolute atomic E-state index is 0.628. The Balaban J connectivity index is 1.41. The van der Waals surface area contributed by atoms with E-state index in [2.05, 4.69) is 27.8 Å². The summed E-state index contributed by atoms with van der Waals surface area (Å²) in [4.78, 5) is 4.49. The summed E-state index contributed by atoms with van der Waals surface area (Å²) in [5.41, 5.74) is 2.44. The summed E-state index contributed by atoms with van der Waals surface area (Å²) in [6.45, 7) is 3.07. The molecule has 0 saturated heterocycles. The van der Waals surface area contributed by atoms with Gasteiger partial charge in [-0.1, -0.05) is 29.8 Å². The Bertz CT molecular complexity index is 575. The maximum absolute atomic E-state index is 6.24. The molecule has 0 unspecified atom stereocenters. The second kappa shape index (κ2) is 6.25. The van der Waals surface area contributed by atoms with E-state index in [-0.39, 0.29) is 0 Å². The molecule has 2 nitrogen and oxygen atoms in total. The lowest BCUT2D eigenvalue weighted by Crippen LogP contribution is -2.41. The molecule has 0 amide bonds. The molecule has 1 saturated carbocycles. The Morgan fingerprint density at radius 1 is 1.35 bits per heavy atom. The van der Waals surface area contributed by atoms with Gasteiger partial charge in [0.25, 0.3) is 0 Å². The number of aromatic nitrogens is 1. The lowest BCUT2D eigenvalue weighted by atomic mass is 9.76. The van der Waals surface area contributed by atoms with Crippen molar-refractivity contribution in [3.63, 3.8) is 0 Å². The molecule has 0 spiro atoms. The topological polar surface area (TPSA) is 24.9 Å². The Morgan fingerprint density at radius 2 is 2.15 bits per heavy atom. The van der Waals surface area contributed by atoms with Gasteiger partial charge in [-0.15, -0.1) is 11.3 Å². The van der Waals surface area contributed by atoms with E-state index in [1.54, 1.807) is 11.3 Å². The van der Waals surface area contributed by atoms with Gasteiger partial charge in [-0.2, -0.15) is 0 Å². The van der Waals surface area contributed by atoms with E-state index in [9.17, 15) is 0 Å². The number of hydrogen-bond donors (Lipinski definition) is 1. The van der Waals surface area contributed by atoms with Crippen molar-refractivity contribution in [1.82, 2.24) is 10.3 Å². The molecular weight excluding hydrogens is 288 g/mol. The number of aryl methyl sites for hydroxylation is 1. The van der Waals surface area contributed by atoms with E-state index < -0.39 is 0 Å². The normalized spacial score (nSPS) is 21.7. The molecule has 106 valence electrons. The lowest BCUT2D eigenvalue weighted by molar-refractivity contribution is 0.293. The van der Waals surface area contributed by atoms with Gasteiger partial charge < -0.3 is 5.32 Å². The number of halogens is 1. The predicted molar refractivity (Wildman–Crippen MR) is 85.8 cm³/mol. The van der Waals surface area contributed by atoms with Crippen LogP contribution < -0.4 is 5.32 Å². The Kier molecular flexibility index (Phi) is 4.39. The third-order valence-electron chi connectivity index (χ3n) is 3.92. The van der Waals surface area contributed by atoms with E-state index in [1.807, 2.05) is 19.1 Å². The van der Waals surface area contributed by atoms with Crippen LogP contribution in [0.3, 0.4) is 0 Å². The maximum Gasteiger partial charge on any atom is 0.0940 e. The molecule has 1 aliphatic carbocycles. The quantitative estimate of drug-likeness (QED) is 0.896. The van der Waals surface area contributed by atoms with Crippen LogP contribution in [-0.2, 0) is 6.42 Å². The molecule has 1 aromatic heterocycles. The van der Waals surface area contributed by atoms with Crippen LogP contribution in [0.1, 0.15) is 35.0 Å². The Hall–Kier alpha value is -0.900. The summed E-state index contributed by atoms with van der Waals surface area (Å²) in [6.07, 6.45) is 3.42. The van der Waals surface area contributed by atoms with Gasteiger partial charge in [-0.3, -0.25) is 0 Å². The van der Waals surface area contributed by atoms with Gasteiger partial charge in [0.2, 0.25) is 0 Å². The highest BCUT2D eigenvalue weighted by atomic mass is 35.5. The summed E-state index contributed by atoms with van der Waals surface area (Å²) < 4.78 is 0. The molecule has 2 aromatic rings. The van der Waals surface area contributed by atoms with Crippen molar-refractivity contribution in [2.45, 2.75) is 38.1 Å². The standard InChI is InChI=1S/C16H19ClN2S/c1-11-10-20-16(19-11)6-7-18-13-8-12(9-13)14-4-2-3-5-15(14)17/h2-5,10,12-13,18H,6-9H2,1H3. The van der Waals surface area contributed by atoms with Crippen LogP contribution in [0, 0.1) is 6.92 Å². The molecule has 1 aliphatic rings. The summed E-state index contributed by atoms with van der Waals surface area (Å²) in [7, 11) is 0. The average molecular weight is 307 g/mol. The number of nitrogens with zero attached hydrogens (tertiary/aromatic N) is 1. The third kappa shape index (κ3) is 3.22. The molecule has 0 radical (unpaired) electrons. The first kappa shape index (κ1) is 14.1. The van der Waals surface area contributed by atoms with Gasteiger partial charge in [0.1, 0.15) is 0 Å². The minimum atomic E-state index is 0.628. The van der Waals surface area contributed by atoms with E-state index in [1.165, 1.54) is 23.4 Å². The maximum atomic E-state index is 6.24. The number of thiazole rings is 1. The Labute approximate surface area is 129 Å². The molecule has 0 aliphatic heterocycles. The smallest absolute Gasteiger partial charge is 0.0940 e. The first-order chi connectivity index (χ1) is 9.72. The van der Waals surface area contributed by atoms with Crippen molar-refractivity contribution in [3.8, 4) is 0 Å². The molecule has 1 heterocycles. The zero-order chi connectivity index (χ0) is 13.9. The second-order valence-corrected chi connectivity index (χ2v) is 6.82. The van der Waals surface area contributed by atoms with Crippen LogP contribution in [0.25, 0.3) is 0 Å². The summed E-state index contributed by atoms with van der Waals surface area (Å²) in [5, 5.41) is 7.88. The largest absolute Gasteiger partial charge is 0.314 e. The van der Waals surface area contributed by atoms with Crippen LogP contribution >= 0.6 is 22.9 Å². The highest BCUT2D eigenvalue weighted by Gasteiger charge is 2.30. The van der Waals surface area contributed by atoms with E-state index >= 15 is 0 Å². The number of benzene rings is 1. The molecule has 1 N–H and O–H groups in total. The fourth-order valence-corrected chi connectivity index (χ4v) is 3.81. The third-order valence-corrected chi connectivity index (χ3v) is 5.29. The molecule has 1 aromatic carbocycles. The number of nitrogens with one attached hydrogen (secondary N) is 1. The molecule has 0 bridgehead atoms. The van der Waals surface area contributed by atoms with Gasteiger partial charge >= 0.3 is 0 Å². The summed E-state index contributed by atoms with van der Waals surface area (Å²) in [5.74, 6) is 0.628. The molecule has 1 fully saturated rings. The zero-order valence-electron chi connectivity index (χ0n) is 11.6. The highest BCUT2D eigenvalue weighted by Crippen LogP contribution is 2.39. The van der Waals surface area contributed by atoms with E-state index in [0.717, 1.165) is 23.7 Å². The fraction of sp³-hybridized carbons (Fsp3) is 0.438. The van der Waals surface area contributed by atoms with Gasteiger partial charge in [-0.05, 0) is 37.3 Å². The molecule has 3 rings (SSSR count). The van der Waals surface area contributed by atoms with Crippen molar-refractivity contribution >= 4 is 22.9 Å². The van der Waals surface area contributed by atoms with Crippen LogP contribution in [0.5, 0.6) is 0 Å². The number of hydrogen-bond acceptors (Lipinski definition) is 3. The second-order valence-electron chi connectivity index (χ2n) is 5.47. The van der Waals surface area contributed by atoms with Gasteiger partial charge in [0.05, 0.1) is 5.01 Å². The Morgan fingerprint density at radius 3 is 2.85 bits per heavy atom. The highest BCUT2D eigenvalue weighted by molar-refractivity contribution is 7.09. The average Bonchev–Trinajstić information content (AvgIpc) is 2.79. The SMILES string of the molecule is Cc1csc(CCNC2CC(c3ccccc3Cl)C2)n1. The van der Waals surface area contributed by atoms with Crippen LogP contribution in [0.2, 0.25) is 5.02 Å². The van der Waals surface area contributed by atoms with Gasteiger partial charge in [0, 0.05) is 35.1 Å². The fourth-order valence-electron chi connectivity index (χ4n) is 2.75. The predicted octanol–water partition coefficient (Wildman–Crippen LogP) is 4.18. The van der Waals surface area contributed by atoms with Crippen molar-refractivity contribution in [1.29, 1.82) is 0 Å². The first-order valence-electron chi connectivity index (χ1n) is 7.11. The first-order valence-corrected chi connectivity index (χ1v) is 8.37.